The monoisotopic (exact) mass is 269 g/mol. The molecule has 1 aromatic carbocycles. The first-order valence-corrected chi connectivity index (χ1v) is 6.35. The van der Waals surface area contributed by atoms with Crippen molar-refractivity contribution < 1.29 is 14.6 Å². The molecule has 0 bridgehead atoms. The maximum atomic E-state index is 11.5. The highest BCUT2D eigenvalue weighted by molar-refractivity contribution is 6.32. The van der Waals surface area contributed by atoms with Crippen LogP contribution in [-0.2, 0) is 11.4 Å². The minimum absolute atomic E-state index is 0.0368. The molecule has 0 unspecified atom stereocenters. The zero-order valence-corrected chi connectivity index (χ0v) is 10.7. The average Bonchev–Trinajstić information content (AvgIpc) is 3.18. The Bertz CT molecular complexity index is 432. The molecule has 1 aliphatic rings. The molecule has 2 N–H and O–H groups in total. The van der Waals surface area contributed by atoms with Crippen molar-refractivity contribution in [2.75, 3.05) is 13.2 Å². The van der Waals surface area contributed by atoms with E-state index in [-0.39, 0.29) is 19.1 Å². The summed E-state index contributed by atoms with van der Waals surface area (Å²) < 4.78 is 5.33. The van der Waals surface area contributed by atoms with Crippen LogP contribution in [0.4, 0.5) is 0 Å². The van der Waals surface area contributed by atoms with Gasteiger partial charge in [-0.05, 0) is 36.5 Å². The van der Waals surface area contributed by atoms with Gasteiger partial charge >= 0.3 is 0 Å². The Hall–Kier alpha value is -1.26. The molecule has 1 saturated carbocycles. The lowest BCUT2D eigenvalue weighted by atomic mass is 10.2. The smallest absolute Gasteiger partial charge is 0.257 e. The van der Waals surface area contributed by atoms with Crippen molar-refractivity contribution in [1.29, 1.82) is 0 Å². The zero-order valence-electron chi connectivity index (χ0n) is 9.99. The highest BCUT2D eigenvalue weighted by atomic mass is 35.5. The Balaban J connectivity index is 1.79. The fourth-order valence-corrected chi connectivity index (χ4v) is 1.79. The first-order valence-electron chi connectivity index (χ1n) is 5.98. The Morgan fingerprint density at radius 3 is 2.89 bits per heavy atom. The Morgan fingerprint density at radius 1 is 1.50 bits per heavy atom. The van der Waals surface area contributed by atoms with Crippen molar-refractivity contribution in [2.24, 2.45) is 5.92 Å². The third kappa shape index (κ3) is 3.89. The molecule has 2 rings (SSSR count). The molecule has 1 aliphatic carbocycles. The summed E-state index contributed by atoms with van der Waals surface area (Å²) in [5, 5.41) is 12.1. The number of ether oxygens (including phenoxy) is 1. The molecule has 98 valence electrons. The molecular formula is C13H16ClNO3. The zero-order chi connectivity index (χ0) is 13.0. The Morgan fingerprint density at radius 2 is 2.28 bits per heavy atom. The minimum atomic E-state index is -0.135. The van der Waals surface area contributed by atoms with E-state index in [0.717, 1.165) is 6.54 Å². The lowest BCUT2D eigenvalue weighted by Crippen LogP contribution is -2.30. The first kappa shape index (κ1) is 13.2. The van der Waals surface area contributed by atoms with E-state index in [9.17, 15) is 4.79 Å². The predicted octanol–water partition coefficient (Wildman–Crippen LogP) is 1.74. The number of aliphatic hydroxyl groups excluding tert-OH is 1. The van der Waals surface area contributed by atoms with Crippen molar-refractivity contribution in [3.63, 3.8) is 0 Å². The molecule has 4 nitrogen and oxygen atoms in total. The summed E-state index contributed by atoms with van der Waals surface area (Å²) in [6.07, 6.45) is 2.41. The number of halogens is 1. The molecule has 0 saturated heterocycles. The maximum Gasteiger partial charge on any atom is 0.257 e. The average molecular weight is 270 g/mol. The van der Waals surface area contributed by atoms with Crippen molar-refractivity contribution in [3.05, 3.63) is 28.8 Å². The predicted molar refractivity (Wildman–Crippen MR) is 68.6 cm³/mol. The summed E-state index contributed by atoms with van der Waals surface area (Å²) in [6.45, 7) is 0.631. The van der Waals surface area contributed by atoms with E-state index in [1.165, 1.54) is 12.8 Å². The largest absolute Gasteiger partial charge is 0.482 e. The molecule has 0 atom stereocenters. The summed E-state index contributed by atoms with van der Waals surface area (Å²) >= 11 is 5.96. The molecule has 1 fully saturated rings. The molecule has 5 heteroatoms. The van der Waals surface area contributed by atoms with Crippen molar-refractivity contribution in [2.45, 2.75) is 19.4 Å². The summed E-state index contributed by atoms with van der Waals surface area (Å²) in [5.74, 6) is 0.973. The fraction of sp³-hybridized carbons (Fsp3) is 0.462. The third-order valence-electron chi connectivity index (χ3n) is 2.82. The van der Waals surface area contributed by atoms with Gasteiger partial charge in [0.2, 0.25) is 0 Å². The van der Waals surface area contributed by atoms with Crippen LogP contribution in [0.5, 0.6) is 5.75 Å². The molecule has 1 amide bonds. The van der Waals surface area contributed by atoms with Gasteiger partial charge in [0.1, 0.15) is 5.75 Å². The van der Waals surface area contributed by atoms with E-state index >= 15 is 0 Å². The summed E-state index contributed by atoms with van der Waals surface area (Å²) in [5.41, 5.74) is 0.713. The molecule has 18 heavy (non-hydrogen) atoms. The standard InChI is InChI=1S/C13H16ClNO3/c14-11-5-10(7-16)3-4-12(11)18-8-13(17)15-6-9-1-2-9/h3-5,9,16H,1-2,6-8H2,(H,15,17). The molecule has 0 heterocycles. The van der Waals surface area contributed by atoms with Gasteiger partial charge in [-0.15, -0.1) is 0 Å². The minimum Gasteiger partial charge on any atom is -0.482 e. The van der Waals surface area contributed by atoms with E-state index in [1.807, 2.05) is 0 Å². The van der Waals surface area contributed by atoms with Crippen LogP contribution < -0.4 is 10.1 Å². The van der Waals surface area contributed by atoms with E-state index in [4.69, 9.17) is 21.4 Å². The SMILES string of the molecule is O=C(COc1ccc(CO)cc1Cl)NCC1CC1. The fourth-order valence-electron chi connectivity index (χ4n) is 1.53. The number of aliphatic hydroxyl groups is 1. The molecule has 0 aromatic heterocycles. The Kier molecular flexibility index (Phi) is 4.44. The summed E-state index contributed by atoms with van der Waals surface area (Å²) in [4.78, 5) is 11.5. The molecule has 0 radical (unpaired) electrons. The normalized spacial score (nSPS) is 14.3. The van der Waals surface area contributed by atoms with E-state index in [1.54, 1.807) is 18.2 Å². The topological polar surface area (TPSA) is 58.6 Å². The van der Waals surface area contributed by atoms with Gasteiger partial charge in [0.15, 0.2) is 6.61 Å². The van der Waals surface area contributed by atoms with Crippen LogP contribution in [0.1, 0.15) is 18.4 Å². The highest BCUT2D eigenvalue weighted by Crippen LogP contribution is 2.27. The van der Waals surface area contributed by atoms with Gasteiger partial charge in [-0.3, -0.25) is 4.79 Å². The second-order valence-corrected chi connectivity index (χ2v) is 4.87. The van der Waals surface area contributed by atoms with Gasteiger partial charge in [0.25, 0.3) is 5.91 Å². The highest BCUT2D eigenvalue weighted by Gasteiger charge is 2.21. The first-order chi connectivity index (χ1) is 8.69. The van der Waals surface area contributed by atoms with Gasteiger partial charge in [0, 0.05) is 6.54 Å². The number of amides is 1. The van der Waals surface area contributed by atoms with Crippen molar-refractivity contribution in [1.82, 2.24) is 5.32 Å². The Labute approximate surface area is 111 Å². The van der Waals surface area contributed by atoms with Gasteiger partial charge < -0.3 is 15.2 Å². The molecule has 0 aliphatic heterocycles. The third-order valence-corrected chi connectivity index (χ3v) is 3.12. The second-order valence-electron chi connectivity index (χ2n) is 4.46. The van der Waals surface area contributed by atoms with Crippen LogP contribution in [0.3, 0.4) is 0 Å². The number of carbonyl (C=O) groups excluding carboxylic acids is 1. The molecular weight excluding hydrogens is 254 g/mol. The van der Waals surface area contributed by atoms with Gasteiger partial charge in [-0.25, -0.2) is 0 Å². The van der Waals surface area contributed by atoms with Crippen LogP contribution in [0.2, 0.25) is 5.02 Å². The summed E-state index contributed by atoms with van der Waals surface area (Å²) in [7, 11) is 0. The molecule has 1 aromatic rings. The number of carbonyl (C=O) groups is 1. The summed E-state index contributed by atoms with van der Waals surface area (Å²) in [6, 6.07) is 4.99. The number of hydrogen-bond acceptors (Lipinski definition) is 3. The number of benzene rings is 1. The van der Waals surface area contributed by atoms with Crippen LogP contribution >= 0.6 is 11.6 Å². The lowest BCUT2D eigenvalue weighted by molar-refractivity contribution is -0.123. The number of nitrogens with one attached hydrogen (secondary N) is 1. The van der Waals surface area contributed by atoms with Gasteiger partial charge in [0.05, 0.1) is 11.6 Å². The van der Waals surface area contributed by atoms with E-state index in [2.05, 4.69) is 5.32 Å². The van der Waals surface area contributed by atoms with E-state index in [0.29, 0.717) is 22.3 Å². The van der Waals surface area contributed by atoms with Gasteiger partial charge in [-0.1, -0.05) is 17.7 Å². The lowest BCUT2D eigenvalue weighted by Gasteiger charge is -2.09. The van der Waals surface area contributed by atoms with Gasteiger partial charge in [-0.2, -0.15) is 0 Å². The maximum absolute atomic E-state index is 11.5. The van der Waals surface area contributed by atoms with Crippen LogP contribution in [0, 0.1) is 5.92 Å². The number of hydrogen-bond donors (Lipinski definition) is 2. The second kappa shape index (κ2) is 6.07. The quantitative estimate of drug-likeness (QED) is 0.827. The van der Waals surface area contributed by atoms with Crippen molar-refractivity contribution in [3.8, 4) is 5.75 Å². The van der Waals surface area contributed by atoms with Crippen LogP contribution in [-0.4, -0.2) is 24.2 Å². The molecule has 0 spiro atoms. The van der Waals surface area contributed by atoms with Crippen LogP contribution in [0.15, 0.2) is 18.2 Å². The number of rotatable bonds is 6. The van der Waals surface area contributed by atoms with E-state index < -0.39 is 0 Å². The van der Waals surface area contributed by atoms with Crippen molar-refractivity contribution >= 4 is 17.5 Å². The van der Waals surface area contributed by atoms with Crippen LogP contribution in [0.25, 0.3) is 0 Å².